The zero-order valence-corrected chi connectivity index (χ0v) is 10.6. The minimum atomic E-state index is -0.558. The molecule has 0 bridgehead atoms. The molecule has 0 heterocycles. The number of nitrogens with zero attached hydrogens (tertiary/aromatic N) is 1. The molecule has 0 unspecified atom stereocenters. The van der Waals surface area contributed by atoms with Gasteiger partial charge in [-0.05, 0) is 11.6 Å². The summed E-state index contributed by atoms with van der Waals surface area (Å²) in [6, 6.07) is 15.3. The zero-order chi connectivity index (χ0) is 13.7. The molecule has 0 radical (unpaired) electrons. The molecule has 0 aromatic heterocycles. The molecule has 0 aliphatic heterocycles. The highest BCUT2D eigenvalue weighted by Crippen LogP contribution is 2.17. The Morgan fingerprint density at radius 1 is 1.05 bits per heavy atom. The number of benzene rings is 2. The third kappa shape index (κ3) is 3.63. The van der Waals surface area contributed by atoms with Crippen molar-refractivity contribution in [2.75, 3.05) is 0 Å². The Balaban J connectivity index is 0.00000200. The quantitative estimate of drug-likeness (QED) is 0.677. The molecule has 0 saturated carbocycles. The Bertz CT molecular complexity index is 599. The van der Waals surface area contributed by atoms with E-state index >= 15 is 0 Å². The second kappa shape index (κ2) is 7.01. The number of nitro benzene ring substituents is 1. The number of para-hydroxylation sites is 1. The first-order valence-electron chi connectivity index (χ1n) is 5.74. The highest BCUT2D eigenvalue weighted by molar-refractivity contribution is 5.98. The molecule has 2 rings (SSSR count). The van der Waals surface area contributed by atoms with Gasteiger partial charge in [-0.1, -0.05) is 42.5 Å². The van der Waals surface area contributed by atoms with Gasteiger partial charge in [0.25, 0.3) is 11.6 Å². The van der Waals surface area contributed by atoms with E-state index in [1.54, 1.807) is 6.07 Å². The Kier molecular flexibility index (Phi) is 5.37. The van der Waals surface area contributed by atoms with E-state index < -0.39 is 10.8 Å². The van der Waals surface area contributed by atoms with Gasteiger partial charge < -0.3 is 10.8 Å². The molecule has 2 aromatic carbocycles. The molecule has 6 nitrogen and oxygen atoms in total. The Labute approximate surface area is 115 Å². The molecule has 6 heteroatoms. The van der Waals surface area contributed by atoms with E-state index in [9.17, 15) is 14.9 Å². The number of nitrogens with one attached hydrogen (secondary N) is 1. The predicted octanol–water partition coefficient (Wildman–Crippen LogP) is 1.70. The van der Waals surface area contributed by atoms with Gasteiger partial charge in [-0.3, -0.25) is 14.9 Å². The van der Waals surface area contributed by atoms with Crippen molar-refractivity contribution in [1.82, 2.24) is 5.32 Å². The Morgan fingerprint density at radius 2 is 1.65 bits per heavy atom. The first-order chi connectivity index (χ1) is 9.18. The highest BCUT2D eigenvalue weighted by Gasteiger charge is 2.18. The van der Waals surface area contributed by atoms with Crippen LogP contribution in [0.5, 0.6) is 0 Å². The smallest absolute Gasteiger partial charge is 0.282 e. The van der Waals surface area contributed by atoms with E-state index in [1.807, 2.05) is 30.3 Å². The summed E-state index contributed by atoms with van der Waals surface area (Å²) in [6.07, 6.45) is 0. The number of hydrogen-bond donors (Lipinski definition) is 1. The second-order valence-corrected chi connectivity index (χ2v) is 3.94. The minimum absolute atomic E-state index is 0. The van der Waals surface area contributed by atoms with Crippen LogP contribution in [0.2, 0.25) is 0 Å². The Morgan fingerprint density at radius 3 is 2.30 bits per heavy atom. The standard InChI is InChI=1S/C14H12N2O3.H2O/c17-14(15-10-11-6-2-1-3-7-11)12-8-4-5-9-13(12)16(18)19;/h1-9H,10H2,(H,15,17);1H2. The number of rotatable bonds is 4. The van der Waals surface area contributed by atoms with Crippen LogP contribution in [0.3, 0.4) is 0 Å². The van der Waals surface area contributed by atoms with Crippen molar-refractivity contribution >= 4 is 11.6 Å². The lowest BCUT2D eigenvalue weighted by Crippen LogP contribution is -2.23. The van der Waals surface area contributed by atoms with Gasteiger partial charge in [0, 0.05) is 12.6 Å². The third-order valence-electron chi connectivity index (χ3n) is 2.64. The minimum Gasteiger partial charge on any atom is -0.412 e. The van der Waals surface area contributed by atoms with Crippen LogP contribution in [0.25, 0.3) is 0 Å². The van der Waals surface area contributed by atoms with E-state index in [1.165, 1.54) is 18.2 Å². The van der Waals surface area contributed by atoms with Crippen LogP contribution in [0, 0.1) is 10.1 Å². The SMILES string of the molecule is O.O=C(NCc1ccccc1)c1ccccc1[N+](=O)[O-]. The van der Waals surface area contributed by atoms with Crippen molar-refractivity contribution in [3.63, 3.8) is 0 Å². The fraction of sp³-hybridized carbons (Fsp3) is 0.0714. The van der Waals surface area contributed by atoms with E-state index in [2.05, 4.69) is 5.32 Å². The number of hydrogen-bond acceptors (Lipinski definition) is 3. The zero-order valence-electron chi connectivity index (χ0n) is 10.6. The lowest BCUT2D eigenvalue weighted by molar-refractivity contribution is -0.385. The van der Waals surface area contributed by atoms with Crippen LogP contribution in [0.4, 0.5) is 5.69 Å². The van der Waals surface area contributed by atoms with E-state index in [0.29, 0.717) is 6.54 Å². The van der Waals surface area contributed by atoms with Gasteiger partial charge in [0.15, 0.2) is 0 Å². The largest absolute Gasteiger partial charge is 0.412 e. The van der Waals surface area contributed by atoms with Crippen LogP contribution in [-0.4, -0.2) is 16.3 Å². The predicted molar refractivity (Wildman–Crippen MR) is 74.3 cm³/mol. The van der Waals surface area contributed by atoms with Gasteiger partial charge in [-0.15, -0.1) is 0 Å². The summed E-state index contributed by atoms with van der Waals surface area (Å²) in [6.45, 7) is 0.339. The van der Waals surface area contributed by atoms with Gasteiger partial charge in [-0.2, -0.15) is 0 Å². The van der Waals surface area contributed by atoms with E-state index in [4.69, 9.17) is 0 Å². The number of carbonyl (C=O) groups excluding carboxylic acids is 1. The average Bonchev–Trinajstić information content (AvgIpc) is 2.46. The lowest BCUT2D eigenvalue weighted by atomic mass is 10.1. The number of amides is 1. The monoisotopic (exact) mass is 274 g/mol. The molecule has 0 fully saturated rings. The van der Waals surface area contributed by atoms with Gasteiger partial charge in [-0.25, -0.2) is 0 Å². The van der Waals surface area contributed by atoms with Gasteiger partial charge in [0.05, 0.1) is 4.92 Å². The molecule has 0 saturated heterocycles. The Hall–Kier alpha value is -2.73. The maximum atomic E-state index is 11.9. The van der Waals surface area contributed by atoms with Crippen LogP contribution >= 0.6 is 0 Å². The van der Waals surface area contributed by atoms with Gasteiger partial charge in [0.2, 0.25) is 0 Å². The number of carbonyl (C=O) groups is 1. The molecular weight excluding hydrogens is 260 g/mol. The van der Waals surface area contributed by atoms with Crippen LogP contribution in [0.15, 0.2) is 54.6 Å². The van der Waals surface area contributed by atoms with Crippen LogP contribution in [-0.2, 0) is 6.54 Å². The molecule has 0 spiro atoms. The molecule has 2 aromatic rings. The molecule has 1 amide bonds. The molecular formula is C14H14N2O4. The summed E-state index contributed by atoms with van der Waals surface area (Å²) in [7, 11) is 0. The molecule has 3 N–H and O–H groups in total. The summed E-state index contributed by atoms with van der Waals surface area (Å²) < 4.78 is 0. The maximum Gasteiger partial charge on any atom is 0.282 e. The van der Waals surface area contributed by atoms with Crippen molar-refractivity contribution in [2.45, 2.75) is 6.54 Å². The van der Waals surface area contributed by atoms with E-state index in [-0.39, 0.29) is 16.7 Å². The molecule has 104 valence electrons. The van der Waals surface area contributed by atoms with Crippen LogP contribution < -0.4 is 5.32 Å². The summed E-state index contributed by atoms with van der Waals surface area (Å²) in [5.74, 6) is -0.448. The lowest BCUT2D eigenvalue weighted by Gasteiger charge is -2.05. The maximum absolute atomic E-state index is 11.9. The second-order valence-electron chi connectivity index (χ2n) is 3.94. The average molecular weight is 274 g/mol. The molecule has 0 aliphatic carbocycles. The van der Waals surface area contributed by atoms with Crippen molar-refractivity contribution < 1.29 is 15.2 Å². The molecule has 0 atom stereocenters. The fourth-order valence-corrected chi connectivity index (χ4v) is 1.70. The first kappa shape index (κ1) is 15.3. The molecule has 0 aliphatic rings. The van der Waals surface area contributed by atoms with E-state index in [0.717, 1.165) is 5.56 Å². The highest BCUT2D eigenvalue weighted by atomic mass is 16.6. The summed E-state index contributed by atoms with van der Waals surface area (Å²) in [4.78, 5) is 22.2. The first-order valence-corrected chi connectivity index (χ1v) is 5.74. The van der Waals surface area contributed by atoms with Crippen molar-refractivity contribution in [3.05, 3.63) is 75.8 Å². The summed E-state index contributed by atoms with van der Waals surface area (Å²) in [5, 5.41) is 13.5. The van der Waals surface area contributed by atoms with Crippen molar-refractivity contribution in [2.24, 2.45) is 0 Å². The van der Waals surface area contributed by atoms with Crippen molar-refractivity contribution in [1.29, 1.82) is 0 Å². The normalized spacial score (nSPS) is 9.40. The van der Waals surface area contributed by atoms with Crippen LogP contribution in [0.1, 0.15) is 15.9 Å². The van der Waals surface area contributed by atoms with Gasteiger partial charge in [0.1, 0.15) is 5.56 Å². The topological polar surface area (TPSA) is 104 Å². The fourth-order valence-electron chi connectivity index (χ4n) is 1.70. The summed E-state index contributed by atoms with van der Waals surface area (Å²) >= 11 is 0. The summed E-state index contributed by atoms with van der Waals surface area (Å²) in [5.41, 5.74) is 0.825. The molecule has 20 heavy (non-hydrogen) atoms. The third-order valence-corrected chi connectivity index (χ3v) is 2.64. The van der Waals surface area contributed by atoms with Crippen molar-refractivity contribution in [3.8, 4) is 0 Å². The van der Waals surface area contributed by atoms with Gasteiger partial charge >= 0.3 is 0 Å². The number of nitro groups is 1.